The van der Waals surface area contributed by atoms with E-state index in [-0.39, 0.29) is 0 Å². The van der Waals surface area contributed by atoms with Gasteiger partial charge >= 0.3 is 0 Å². The van der Waals surface area contributed by atoms with Crippen molar-refractivity contribution in [3.8, 4) is 11.3 Å². The predicted octanol–water partition coefficient (Wildman–Crippen LogP) is 4.92. The van der Waals surface area contributed by atoms with E-state index in [0.29, 0.717) is 0 Å². The van der Waals surface area contributed by atoms with E-state index in [0.717, 1.165) is 44.4 Å². The Hall–Kier alpha value is -3.73. The van der Waals surface area contributed by atoms with Crippen molar-refractivity contribution in [2.45, 2.75) is 0 Å². The van der Waals surface area contributed by atoms with Gasteiger partial charge in [-0.1, -0.05) is 24.3 Å². The third-order valence-electron chi connectivity index (χ3n) is 4.42. The van der Waals surface area contributed by atoms with Gasteiger partial charge < -0.3 is 5.32 Å². The first-order valence-electron chi connectivity index (χ1n) is 8.37. The van der Waals surface area contributed by atoms with Crippen LogP contribution in [0.5, 0.6) is 0 Å². The van der Waals surface area contributed by atoms with E-state index in [1.807, 2.05) is 42.6 Å². The number of fused-ring (bicyclic) bond motifs is 2. The molecule has 0 unspecified atom stereocenters. The Kier molecular flexibility index (Phi) is 3.35. The number of H-pyrrole nitrogens is 1. The fraction of sp³-hybridized carbons (Fsp3) is 0. The molecule has 0 saturated heterocycles. The Morgan fingerprint density at radius 3 is 2.65 bits per heavy atom. The predicted molar refractivity (Wildman–Crippen MR) is 104 cm³/mol. The third-order valence-corrected chi connectivity index (χ3v) is 4.42. The van der Waals surface area contributed by atoms with E-state index in [4.69, 9.17) is 4.98 Å². The Bertz CT molecular complexity index is 1210. The Balaban J connectivity index is 1.65. The second-order valence-electron chi connectivity index (χ2n) is 6.11. The number of anilines is 2. The van der Waals surface area contributed by atoms with Gasteiger partial charge in [0.25, 0.3) is 0 Å². The lowest BCUT2D eigenvalue weighted by molar-refractivity contribution is 1.12. The molecule has 3 heterocycles. The lowest BCUT2D eigenvalue weighted by Gasteiger charge is -2.12. The molecule has 5 heteroatoms. The van der Waals surface area contributed by atoms with E-state index in [1.54, 1.807) is 12.4 Å². The number of hydrogen-bond acceptors (Lipinski definition) is 4. The molecule has 0 saturated carbocycles. The van der Waals surface area contributed by atoms with Crippen molar-refractivity contribution < 1.29 is 0 Å². The fourth-order valence-electron chi connectivity index (χ4n) is 3.12. The Morgan fingerprint density at radius 1 is 0.846 bits per heavy atom. The number of aromatic amines is 1. The van der Waals surface area contributed by atoms with Gasteiger partial charge in [-0.05, 0) is 41.8 Å². The van der Waals surface area contributed by atoms with E-state index in [2.05, 4.69) is 44.8 Å². The van der Waals surface area contributed by atoms with Gasteiger partial charge in [-0.3, -0.25) is 10.1 Å². The molecule has 0 radical (unpaired) electrons. The Morgan fingerprint density at radius 2 is 1.73 bits per heavy atom. The second-order valence-corrected chi connectivity index (χ2v) is 6.11. The highest BCUT2D eigenvalue weighted by atomic mass is 15.1. The molecule has 0 fully saturated rings. The van der Waals surface area contributed by atoms with E-state index in [1.165, 1.54) is 0 Å². The van der Waals surface area contributed by atoms with Gasteiger partial charge in [0, 0.05) is 34.4 Å². The molecule has 0 aliphatic heterocycles. The first-order chi connectivity index (χ1) is 12.9. The van der Waals surface area contributed by atoms with Crippen molar-refractivity contribution in [3.05, 3.63) is 79.3 Å². The number of nitrogens with one attached hydrogen (secondary N) is 2. The SMILES string of the molecule is c1ccc2c(Nc3ccc4[nH]ncc4c3)nc(-c3ccncc3)cc2c1. The summed E-state index contributed by atoms with van der Waals surface area (Å²) in [5.41, 5.74) is 3.94. The number of aromatic nitrogens is 4. The van der Waals surface area contributed by atoms with Crippen LogP contribution in [0.2, 0.25) is 0 Å². The van der Waals surface area contributed by atoms with Gasteiger partial charge in [-0.15, -0.1) is 0 Å². The van der Waals surface area contributed by atoms with Crippen molar-refractivity contribution in [2.24, 2.45) is 0 Å². The summed E-state index contributed by atoms with van der Waals surface area (Å²) in [5.74, 6) is 0.831. The van der Waals surface area contributed by atoms with Crippen molar-refractivity contribution in [1.29, 1.82) is 0 Å². The van der Waals surface area contributed by atoms with Gasteiger partial charge in [0.2, 0.25) is 0 Å². The first-order valence-corrected chi connectivity index (χ1v) is 8.37. The number of nitrogens with zero attached hydrogens (tertiary/aromatic N) is 3. The molecule has 0 aliphatic carbocycles. The molecule has 0 amide bonds. The quantitative estimate of drug-likeness (QED) is 0.490. The number of benzene rings is 2. The van der Waals surface area contributed by atoms with E-state index in [9.17, 15) is 0 Å². The van der Waals surface area contributed by atoms with Crippen LogP contribution in [-0.2, 0) is 0 Å². The van der Waals surface area contributed by atoms with Crippen LogP contribution in [0.25, 0.3) is 32.9 Å². The molecule has 5 aromatic rings. The number of rotatable bonds is 3. The van der Waals surface area contributed by atoms with Crippen LogP contribution in [0.15, 0.2) is 79.3 Å². The molecule has 124 valence electrons. The van der Waals surface area contributed by atoms with Crippen LogP contribution >= 0.6 is 0 Å². The lowest BCUT2D eigenvalue weighted by atomic mass is 10.1. The summed E-state index contributed by atoms with van der Waals surface area (Å²) in [7, 11) is 0. The summed E-state index contributed by atoms with van der Waals surface area (Å²) in [6.07, 6.45) is 5.39. The van der Waals surface area contributed by atoms with Crippen LogP contribution in [0.1, 0.15) is 0 Å². The minimum atomic E-state index is 0.831. The topological polar surface area (TPSA) is 66.5 Å². The summed E-state index contributed by atoms with van der Waals surface area (Å²) in [5, 5.41) is 13.8. The zero-order valence-corrected chi connectivity index (χ0v) is 13.8. The zero-order chi connectivity index (χ0) is 17.3. The van der Waals surface area contributed by atoms with Crippen LogP contribution in [0, 0.1) is 0 Å². The number of pyridine rings is 2. The first kappa shape index (κ1) is 14.6. The Labute approximate surface area is 149 Å². The molecule has 0 aliphatic rings. The van der Waals surface area contributed by atoms with Crippen LogP contribution in [0.4, 0.5) is 11.5 Å². The maximum Gasteiger partial charge on any atom is 0.138 e. The van der Waals surface area contributed by atoms with E-state index >= 15 is 0 Å². The maximum absolute atomic E-state index is 4.87. The van der Waals surface area contributed by atoms with Crippen molar-refractivity contribution >= 4 is 33.2 Å². The molecular weight excluding hydrogens is 322 g/mol. The second kappa shape index (κ2) is 5.97. The standard InChI is InChI=1S/C21H15N5/c1-2-4-18-15(3-1)12-20(14-7-9-22-10-8-14)25-21(18)24-17-5-6-19-16(11-17)13-23-26-19/h1-13H,(H,23,26)(H,24,25). The maximum atomic E-state index is 4.87. The average Bonchev–Trinajstić information content (AvgIpc) is 3.16. The van der Waals surface area contributed by atoms with Gasteiger partial charge in [-0.2, -0.15) is 5.10 Å². The summed E-state index contributed by atoms with van der Waals surface area (Å²) in [6.45, 7) is 0. The summed E-state index contributed by atoms with van der Waals surface area (Å²) >= 11 is 0. The molecule has 26 heavy (non-hydrogen) atoms. The normalized spacial score (nSPS) is 11.1. The van der Waals surface area contributed by atoms with Gasteiger partial charge in [0.1, 0.15) is 5.82 Å². The molecule has 5 nitrogen and oxygen atoms in total. The number of hydrogen-bond donors (Lipinski definition) is 2. The summed E-state index contributed by atoms with van der Waals surface area (Å²) in [6, 6.07) is 20.4. The van der Waals surface area contributed by atoms with Gasteiger partial charge in [0.15, 0.2) is 0 Å². The van der Waals surface area contributed by atoms with Crippen molar-refractivity contribution in [2.75, 3.05) is 5.32 Å². The molecule has 3 aromatic heterocycles. The molecule has 2 aromatic carbocycles. The highest BCUT2D eigenvalue weighted by Crippen LogP contribution is 2.30. The van der Waals surface area contributed by atoms with Crippen LogP contribution in [0.3, 0.4) is 0 Å². The minimum Gasteiger partial charge on any atom is -0.340 e. The average molecular weight is 337 g/mol. The fourth-order valence-corrected chi connectivity index (χ4v) is 3.12. The summed E-state index contributed by atoms with van der Waals surface area (Å²) in [4.78, 5) is 8.97. The monoisotopic (exact) mass is 337 g/mol. The minimum absolute atomic E-state index is 0.831. The highest BCUT2D eigenvalue weighted by Gasteiger charge is 2.08. The van der Waals surface area contributed by atoms with Gasteiger partial charge in [-0.25, -0.2) is 4.98 Å². The summed E-state index contributed by atoms with van der Waals surface area (Å²) < 4.78 is 0. The molecular formula is C21H15N5. The van der Waals surface area contributed by atoms with Crippen LogP contribution in [-0.4, -0.2) is 20.2 Å². The highest BCUT2D eigenvalue weighted by molar-refractivity contribution is 5.96. The van der Waals surface area contributed by atoms with Gasteiger partial charge in [0.05, 0.1) is 17.4 Å². The van der Waals surface area contributed by atoms with Crippen molar-refractivity contribution in [1.82, 2.24) is 20.2 Å². The third kappa shape index (κ3) is 2.56. The molecule has 0 spiro atoms. The van der Waals surface area contributed by atoms with Crippen molar-refractivity contribution in [3.63, 3.8) is 0 Å². The van der Waals surface area contributed by atoms with Crippen LogP contribution < -0.4 is 5.32 Å². The largest absolute Gasteiger partial charge is 0.340 e. The molecule has 0 atom stereocenters. The molecule has 0 bridgehead atoms. The smallest absolute Gasteiger partial charge is 0.138 e. The zero-order valence-electron chi connectivity index (χ0n) is 13.8. The van der Waals surface area contributed by atoms with E-state index < -0.39 is 0 Å². The lowest BCUT2D eigenvalue weighted by Crippen LogP contribution is -1.97. The molecule has 5 rings (SSSR count). The molecule has 2 N–H and O–H groups in total.